The Morgan fingerprint density at radius 1 is 0.923 bits per heavy atom. The Bertz CT molecular complexity index is 2470. The second-order valence-corrected chi connectivity index (χ2v) is 17.2. The van der Waals surface area contributed by atoms with Gasteiger partial charge in [0.25, 0.3) is 23.6 Å². The lowest BCUT2D eigenvalue weighted by molar-refractivity contribution is -0.140. The fourth-order valence-corrected chi connectivity index (χ4v) is 9.26. The summed E-state index contributed by atoms with van der Waals surface area (Å²) < 4.78 is 35.2. The van der Waals surface area contributed by atoms with Gasteiger partial charge in [0.15, 0.2) is 5.82 Å². The molecule has 1 aromatic heterocycles. The number of nitrogens with one attached hydrogen (secondary N) is 3. The van der Waals surface area contributed by atoms with Crippen molar-refractivity contribution in [2.24, 2.45) is 0 Å². The van der Waals surface area contributed by atoms with Crippen molar-refractivity contribution in [3.63, 3.8) is 0 Å². The summed E-state index contributed by atoms with van der Waals surface area (Å²) in [4.78, 5) is 109. The minimum absolute atomic E-state index is 0.0284. The van der Waals surface area contributed by atoms with Crippen LogP contribution in [-0.4, -0.2) is 157 Å². The Morgan fingerprint density at radius 3 is 2.38 bits per heavy atom. The van der Waals surface area contributed by atoms with E-state index in [4.69, 9.17) is 4.74 Å². The second kappa shape index (κ2) is 17.3. The largest absolute Gasteiger partial charge is 0.495 e. The maximum absolute atomic E-state index is 14.8. The minimum atomic E-state index is -3.59. The van der Waals surface area contributed by atoms with Gasteiger partial charge in [-0.15, -0.1) is 0 Å². The van der Waals surface area contributed by atoms with Crippen LogP contribution >= 0.6 is 0 Å². The molecular weight excluding hydrogens is 849 g/mol. The molecule has 7 amide bonds. The number of piperazine rings is 1. The summed E-state index contributed by atoms with van der Waals surface area (Å²) in [5.41, 5.74) is 2.09. The number of amides is 7. The molecule has 1 atom stereocenters. The van der Waals surface area contributed by atoms with Crippen LogP contribution in [0.25, 0.3) is 0 Å². The molecule has 1 unspecified atom stereocenters. The van der Waals surface area contributed by atoms with E-state index in [1.807, 2.05) is 9.80 Å². The van der Waals surface area contributed by atoms with Crippen molar-refractivity contribution in [2.45, 2.75) is 69.0 Å². The smallest absolute Gasteiger partial charge is 0.342 e. The highest BCUT2D eigenvalue weighted by Crippen LogP contribution is 2.42. The number of aromatic nitrogens is 2. The topological polar surface area (TPSA) is 210 Å². The first-order chi connectivity index (χ1) is 31.2. The van der Waals surface area contributed by atoms with Gasteiger partial charge in [0.05, 0.1) is 42.4 Å². The molecule has 3 aromatic rings. The summed E-state index contributed by atoms with van der Waals surface area (Å²) in [6.45, 7) is 3.17. The summed E-state index contributed by atoms with van der Waals surface area (Å²) in [7, 11) is 2.73. The highest BCUT2D eigenvalue weighted by molar-refractivity contribution is 6.25. The number of imide groups is 2. The Labute approximate surface area is 372 Å². The molecule has 0 bridgehead atoms. The third-order valence-electron chi connectivity index (χ3n) is 13.1. The van der Waals surface area contributed by atoms with Gasteiger partial charge in [0.2, 0.25) is 23.7 Å². The van der Waals surface area contributed by atoms with E-state index >= 15 is 0 Å². The van der Waals surface area contributed by atoms with Crippen molar-refractivity contribution in [3.05, 3.63) is 59.3 Å². The number of hydrogen-bond acceptors (Lipinski definition) is 14. The van der Waals surface area contributed by atoms with Gasteiger partial charge in [-0.25, -0.2) is 4.98 Å². The zero-order valence-electron chi connectivity index (χ0n) is 36.0. The van der Waals surface area contributed by atoms with Gasteiger partial charge in [-0.05, 0) is 62.4 Å². The highest BCUT2D eigenvalue weighted by Gasteiger charge is 2.50. The molecule has 6 heterocycles. The molecule has 19 nitrogen and oxygen atoms in total. The Balaban J connectivity index is 0.739. The third-order valence-corrected chi connectivity index (χ3v) is 13.1. The first kappa shape index (κ1) is 43.5. The van der Waals surface area contributed by atoms with E-state index < -0.39 is 48.0 Å². The quantitative estimate of drug-likeness (QED) is 0.236. The molecule has 6 aliphatic rings. The number of anilines is 5. The van der Waals surface area contributed by atoms with Crippen molar-refractivity contribution >= 4 is 70.2 Å². The molecule has 5 aliphatic heterocycles. The molecule has 342 valence electrons. The number of methoxy groups -OCH3 is 1. The molecule has 1 saturated carbocycles. The zero-order chi connectivity index (χ0) is 45.7. The zero-order valence-corrected chi connectivity index (χ0v) is 36.0. The Kier molecular flexibility index (Phi) is 11.6. The number of benzene rings is 2. The summed E-state index contributed by atoms with van der Waals surface area (Å²) in [5.74, 6) is -6.70. The van der Waals surface area contributed by atoms with Gasteiger partial charge >= 0.3 is 5.92 Å². The van der Waals surface area contributed by atoms with E-state index in [1.165, 1.54) is 25.3 Å². The first-order valence-corrected chi connectivity index (χ1v) is 21.9. The number of carbonyl (C=O) groups is 7. The molecule has 4 fully saturated rings. The molecule has 3 saturated heterocycles. The van der Waals surface area contributed by atoms with E-state index in [2.05, 4.69) is 30.8 Å². The van der Waals surface area contributed by atoms with Crippen LogP contribution in [-0.2, 0) is 19.2 Å². The average molecular weight is 898 g/mol. The minimum Gasteiger partial charge on any atom is -0.495 e. The standard InChI is InChI=1S/C44H49F2N11O8/c1-52-32-23-47-43(51-37(32)56(27-7-8-27)24-44(45,46)42(52)64)49-29-9-6-25(22-33(29)65-2)38(60)48-26-12-16-55(17-13-26)35(59)14-15-53-18-20-54(21-19-53)30-5-3-4-28-36(30)41(63)57(40(28)62)31-10-11-34(58)50-39(31)61/h3-6,9,22-23,26-27,31H,7-8,10-21,24H2,1-2H3,(H,48,60)(H,47,49,51)(H,50,58,61). The predicted molar refractivity (Wildman–Crippen MR) is 230 cm³/mol. The fraction of sp³-hybridized carbons (Fsp3) is 0.477. The number of fused-ring (bicyclic) bond motifs is 2. The van der Waals surface area contributed by atoms with Crippen LogP contribution in [0.15, 0.2) is 42.6 Å². The molecule has 3 N–H and O–H groups in total. The number of rotatable bonds is 11. The number of piperidine rings is 2. The van der Waals surface area contributed by atoms with Crippen molar-refractivity contribution in [2.75, 3.05) is 86.5 Å². The molecule has 0 spiro atoms. The van der Waals surface area contributed by atoms with E-state index in [1.54, 1.807) is 36.4 Å². The highest BCUT2D eigenvalue weighted by atomic mass is 19.3. The normalized spacial score (nSPS) is 21.5. The molecule has 1 aliphatic carbocycles. The predicted octanol–water partition coefficient (Wildman–Crippen LogP) is 2.14. The lowest BCUT2D eigenvalue weighted by atomic mass is 10.0. The van der Waals surface area contributed by atoms with Gasteiger partial charge in [-0.2, -0.15) is 13.8 Å². The van der Waals surface area contributed by atoms with Crippen molar-refractivity contribution in [1.82, 2.24) is 35.3 Å². The van der Waals surface area contributed by atoms with E-state index in [0.717, 1.165) is 9.80 Å². The second-order valence-electron chi connectivity index (χ2n) is 17.2. The van der Waals surface area contributed by atoms with E-state index in [9.17, 15) is 42.3 Å². The maximum Gasteiger partial charge on any atom is 0.342 e. The maximum atomic E-state index is 14.8. The molecule has 2 aromatic carbocycles. The SMILES string of the molecule is COc1cc(C(=O)NC2CCN(C(=O)CCN3CCN(c4cccc5c4C(=O)N(C4CCC(=O)NC4=O)C5=O)CC3)CC2)ccc1Nc1ncc2c(n1)N(C1CC1)CC(F)(F)C(=O)N2C. The summed E-state index contributed by atoms with van der Waals surface area (Å²) >= 11 is 0. The number of carbonyl (C=O) groups excluding carboxylic acids is 7. The fourth-order valence-electron chi connectivity index (χ4n) is 9.26. The van der Waals surface area contributed by atoms with Crippen LogP contribution in [0.5, 0.6) is 5.75 Å². The Hall–Kier alpha value is -6.77. The number of halogens is 2. The van der Waals surface area contributed by atoms with Crippen molar-refractivity contribution < 1.29 is 47.1 Å². The number of alkyl halides is 2. The van der Waals surface area contributed by atoms with Crippen LogP contribution in [0.3, 0.4) is 0 Å². The molecule has 21 heteroatoms. The third kappa shape index (κ3) is 8.51. The average Bonchev–Trinajstić information content (AvgIpc) is 4.13. The lowest BCUT2D eigenvalue weighted by Crippen LogP contribution is -2.54. The Morgan fingerprint density at radius 2 is 1.68 bits per heavy atom. The van der Waals surface area contributed by atoms with Gasteiger partial charge in [-0.1, -0.05) is 6.07 Å². The molecule has 0 radical (unpaired) electrons. The first-order valence-electron chi connectivity index (χ1n) is 21.9. The summed E-state index contributed by atoms with van der Waals surface area (Å²) in [6.07, 6.45) is 4.39. The number of likely N-dealkylation sites (tertiary alicyclic amines) is 1. The van der Waals surface area contributed by atoms with Crippen molar-refractivity contribution in [1.29, 1.82) is 0 Å². The van der Waals surface area contributed by atoms with Crippen LogP contribution in [0.2, 0.25) is 0 Å². The number of hydrogen-bond donors (Lipinski definition) is 3. The van der Waals surface area contributed by atoms with Gasteiger partial charge < -0.3 is 35.0 Å². The van der Waals surface area contributed by atoms with Gasteiger partial charge in [0.1, 0.15) is 17.5 Å². The number of nitrogens with zero attached hydrogens (tertiary/aromatic N) is 8. The van der Waals surface area contributed by atoms with E-state index in [0.29, 0.717) is 101 Å². The van der Waals surface area contributed by atoms with Gasteiger partial charge in [-0.3, -0.25) is 48.7 Å². The van der Waals surface area contributed by atoms with Crippen LogP contribution in [0, 0.1) is 0 Å². The van der Waals surface area contributed by atoms with Crippen LogP contribution in [0.1, 0.15) is 76.0 Å². The monoisotopic (exact) mass is 897 g/mol. The van der Waals surface area contributed by atoms with Crippen LogP contribution < -0.4 is 35.4 Å². The van der Waals surface area contributed by atoms with E-state index in [-0.39, 0.29) is 65.3 Å². The summed E-state index contributed by atoms with van der Waals surface area (Å²) in [6, 6.07) is 8.60. The molecule has 9 rings (SSSR count). The number of ether oxygens (including phenoxy) is 1. The molecule has 65 heavy (non-hydrogen) atoms. The summed E-state index contributed by atoms with van der Waals surface area (Å²) in [5, 5.41) is 8.37. The van der Waals surface area contributed by atoms with Crippen molar-refractivity contribution in [3.8, 4) is 5.75 Å². The van der Waals surface area contributed by atoms with Gasteiger partial charge in [0, 0.05) is 83.3 Å². The molecular formula is C44H49F2N11O8. The lowest BCUT2D eigenvalue weighted by Gasteiger charge is -2.37. The van der Waals surface area contributed by atoms with Crippen LogP contribution in [0.4, 0.5) is 37.6 Å².